The predicted octanol–water partition coefficient (Wildman–Crippen LogP) is 1.80. The van der Waals surface area contributed by atoms with E-state index in [9.17, 15) is 4.79 Å². The predicted molar refractivity (Wildman–Crippen MR) is 77.6 cm³/mol. The number of aryl methyl sites for hydroxylation is 2. The van der Waals surface area contributed by atoms with Crippen molar-refractivity contribution in [3.63, 3.8) is 0 Å². The molecule has 0 fully saturated rings. The molecule has 0 aromatic heterocycles. The molecule has 1 unspecified atom stereocenters. The molecule has 0 saturated carbocycles. The number of benzene rings is 1. The molecule has 4 nitrogen and oxygen atoms in total. The summed E-state index contributed by atoms with van der Waals surface area (Å²) < 4.78 is 5.80. The van der Waals surface area contributed by atoms with E-state index in [1.807, 2.05) is 46.0 Å². The third-order valence-electron chi connectivity index (χ3n) is 2.90. The first-order chi connectivity index (χ1) is 9.04. The molecule has 0 saturated heterocycles. The van der Waals surface area contributed by atoms with Crippen LogP contribution in [0.3, 0.4) is 0 Å². The van der Waals surface area contributed by atoms with Crippen LogP contribution in [0, 0.1) is 13.8 Å². The van der Waals surface area contributed by atoms with E-state index in [0.717, 1.165) is 16.9 Å². The third-order valence-corrected chi connectivity index (χ3v) is 2.90. The number of carbonyl (C=O) groups excluding carboxylic acids is 1. The molecule has 1 amide bonds. The molecule has 1 rings (SSSR count). The lowest BCUT2D eigenvalue weighted by molar-refractivity contribution is -0.121. The van der Waals surface area contributed by atoms with Gasteiger partial charge in [-0.2, -0.15) is 0 Å². The topological polar surface area (TPSA) is 50.4 Å². The van der Waals surface area contributed by atoms with Crippen molar-refractivity contribution in [1.82, 2.24) is 10.6 Å². The first-order valence-electron chi connectivity index (χ1n) is 6.67. The molecule has 19 heavy (non-hydrogen) atoms. The lowest BCUT2D eigenvalue weighted by Gasteiger charge is -2.17. The summed E-state index contributed by atoms with van der Waals surface area (Å²) in [5, 5.41) is 5.87. The monoisotopic (exact) mass is 264 g/mol. The number of carbonyl (C=O) groups is 1. The van der Waals surface area contributed by atoms with Gasteiger partial charge in [-0.25, -0.2) is 0 Å². The summed E-state index contributed by atoms with van der Waals surface area (Å²) in [5.41, 5.74) is 2.24. The van der Waals surface area contributed by atoms with E-state index in [2.05, 4.69) is 10.6 Å². The van der Waals surface area contributed by atoms with Crippen LogP contribution in [0.5, 0.6) is 5.75 Å². The summed E-state index contributed by atoms with van der Waals surface area (Å²) in [6.07, 6.45) is 0.490. The van der Waals surface area contributed by atoms with Crippen molar-refractivity contribution in [2.24, 2.45) is 0 Å². The van der Waals surface area contributed by atoms with Gasteiger partial charge in [0, 0.05) is 13.0 Å². The number of para-hydroxylation sites is 1. The Morgan fingerprint density at radius 1 is 1.32 bits per heavy atom. The van der Waals surface area contributed by atoms with E-state index in [-0.39, 0.29) is 11.9 Å². The lowest BCUT2D eigenvalue weighted by Crippen LogP contribution is -2.37. The van der Waals surface area contributed by atoms with E-state index in [4.69, 9.17) is 4.74 Å². The van der Waals surface area contributed by atoms with Crippen LogP contribution in [0.4, 0.5) is 0 Å². The fourth-order valence-electron chi connectivity index (χ4n) is 1.86. The number of nitrogens with one attached hydrogen (secondary N) is 2. The van der Waals surface area contributed by atoms with Gasteiger partial charge in [0.1, 0.15) is 12.4 Å². The number of hydrogen-bond acceptors (Lipinski definition) is 3. The van der Waals surface area contributed by atoms with E-state index in [1.54, 1.807) is 0 Å². The smallest absolute Gasteiger partial charge is 0.221 e. The molecule has 0 spiro atoms. The molecule has 1 atom stereocenters. The SMILES string of the molecule is CNCCC(=O)NC(C)COc1c(C)cccc1C. The highest BCUT2D eigenvalue weighted by atomic mass is 16.5. The average Bonchev–Trinajstić information content (AvgIpc) is 2.35. The Balaban J connectivity index is 2.42. The Kier molecular flexibility index (Phi) is 6.36. The van der Waals surface area contributed by atoms with Gasteiger partial charge >= 0.3 is 0 Å². The quantitative estimate of drug-likeness (QED) is 0.789. The van der Waals surface area contributed by atoms with Crippen LogP contribution in [0.25, 0.3) is 0 Å². The minimum atomic E-state index is 0.00311. The fraction of sp³-hybridized carbons (Fsp3) is 0.533. The number of hydrogen-bond donors (Lipinski definition) is 2. The van der Waals surface area contributed by atoms with Crippen LogP contribution in [0.1, 0.15) is 24.5 Å². The zero-order valence-corrected chi connectivity index (χ0v) is 12.2. The molecule has 0 aliphatic carbocycles. The van der Waals surface area contributed by atoms with E-state index >= 15 is 0 Å². The summed E-state index contributed by atoms with van der Waals surface area (Å²) in [7, 11) is 1.83. The lowest BCUT2D eigenvalue weighted by atomic mass is 10.1. The maximum Gasteiger partial charge on any atom is 0.221 e. The molecule has 2 N–H and O–H groups in total. The Hall–Kier alpha value is -1.55. The van der Waals surface area contributed by atoms with Gasteiger partial charge in [-0.1, -0.05) is 18.2 Å². The van der Waals surface area contributed by atoms with Gasteiger partial charge in [0.15, 0.2) is 0 Å². The van der Waals surface area contributed by atoms with Crippen molar-refractivity contribution in [2.45, 2.75) is 33.2 Å². The van der Waals surface area contributed by atoms with Crippen LogP contribution in [-0.4, -0.2) is 32.1 Å². The van der Waals surface area contributed by atoms with Gasteiger partial charge in [-0.05, 0) is 38.9 Å². The molecule has 0 radical (unpaired) electrons. The number of amides is 1. The van der Waals surface area contributed by atoms with Crippen LogP contribution in [0.2, 0.25) is 0 Å². The first-order valence-corrected chi connectivity index (χ1v) is 6.67. The molecule has 1 aromatic rings. The summed E-state index contributed by atoms with van der Waals surface area (Å²) in [6, 6.07) is 6.07. The number of ether oxygens (including phenoxy) is 1. The minimum Gasteiger partial charge on any atom is -0.491 e. The van der Waals surface area contributed by atoms with Gasteiger partial charge in [-0.3, -0.25) is 4.79 Å². The normalized spacial score (nSPS) is 12.0. The molecule has 106 valence electrons. The van der Waals surface area contributed by atoms with Crippen molar-refractivity contribution in [3.8, 4) is 5.75 Å². The highest BCUT2D eigenvalue weighted by Gasteiger charge is 2.09. The zero-order valence-electron chi connectivity index (χ0n) is 12.2. The van der Waals surface area contributed by atoms with E-state index in [0.29, 0.717) is 19.6 Å². The van der Waals surface area contributed by atoms with Crippen molar-refractivity contribution in [1.29, 1.82) is 0 Å². The minimum absolute atomic E-state index is 0.00311. The van der Waals surface area contributed by atoms with E-state index in [1.165, 1.54) is 0 Å². The average molecular weight is 264 g/mol. The highest BCUT2D eigenvalue weighted by molar-refractivity contribution is 5.76. The molecule has 0 aliphatic heterocycles. The molecular formula is C15H24N2O2. The van der Waals surface area contributed by atoms with Crippen molar-refractivity contribution in [2.75, 3.05) is 20.2 Å². The van der Waals surface area contributed by atoms with Gasteiger partial charge in [0.25, 0.3) is 0 Å². The standard InChI is InChI=1S/C15H24N2O2/c1-11-6-5-7-12(2)15(11)19-10-13(3)17-14(18)8-9-16-4/h5-7,13,16H,8-10H2,1-4H3,(H,17,18). The van der Waals surface area contributed by atoms with Crippen LogP contribution in [-0.2, 0) is 4.79 Å². The van der Waals surface area contributed by atoms with Gasteiger partial charge in [0.05, 0.1) is 6.04 Å². The fourth-order valence-corrected chi connectivity index (χ4v) is 1.86. The maximum atomic E-state index is 11.6. The van der Waals surface area contributed by atoms with Crippen LogP contribution >= 0.6 is 0 Å². The van der Waals surface area contributed by atoms with Gasteiger partial charge in [0.2, 0.25) is 5.91 Å². The Morgan fingerprint density at radius 3 is 2.53 bits per heavy atom. The Morgan fingerprint density at radius 2 is 1.95 bits per heavy atom. The zero-order chi connectivity index (χ0) is 14.3. The largest absolute Gasteiger partial charge is 0.491 e. The summed E-state index contributed by atoms with van der Waals surface area (Å²) in [4.78, 5) is 11.6. The second-order valence-electron chi connectivity index (χ2n) is 4.85. The molecule has 4 heteroatoms. The van der Waals surface area contributed by atoms with Crippen molar-refractivity contribution >= 4 is 5.91 Å². The summed E-state index contributed by atoms with van der Waals surface area (Å²) in [5.74, 6) is 0.964. The van der Waals surface area contributed by atoms with Crippen molar-refractivity contribution < 1.29 is 9.53 Å². The summed E-state index contributed by atoms with van der Waals surface area (Å²) >= 11 is 0. The second kappa shape index (κ2) is 7.79. The van der Waals surface area contributed by atoms with Crippen LogP contribution in [0.15, 0.2) is 18.2 Å². The first kappa shape index (κ1) is 15.5. The molecule has 0 heterocycles. The van der Waals surface area contributed by atoms with Crippen molar-refractivity contribution in [3.05, 3.63) is 29.3 Å². The molecular weight excluding hydrogens is 240 g/mol. The molecule has 1 aromatic carbocycles. The molecule has 0 bridgehead atoms. The Bertz CT molecular complexity index is 398. The molecule has 0 aliphatic rings. The summed E-state index contributed by atoms with van der Waals surface area (Å²) in [6.45, 7) is 7.18. The second-order valence-corrected chi connectivity index (χ2v) is 4.85. The number of rotatable bonds is 7. The highest BCUT2D eigenvalue weighted by Crippen LogP contribution is 2.22. The third kappa shape index (κ3) is 5.30. The van der Waals surface area contributed by atoms with E-state index < -0.39 is 0 Å². The van der Waals surface area contributed by atoms with Gasteiger partial charge in [-0.15, -0.1) is 0 Å². The van der Waals surface area contributed by atoms with Crippen LogP contribution < -0.4 is 15.4 Å². The Labute approximate surface area is 115 Å². The maximum absolute atomic E-state index is 11.6. The van der Waals surface area contributed by atoms with Gasteiger partial charge < -0.3 is 15.4 Å².